The van der Waals surface area contributed by atoms with Crippen molar-refractivity contribution < 1.29 is 14.3 Å². The molecule has 0 aliphatic rings. The molecule has 0 bridgehead atoms. The normalized spacial score (nSPS) is 11.1. The molecule has 9 heteroatoms. The molecule has 0 fully saturated rings. The van der Waals surface area contributed by atoms with Gasteiger partial charge < -0.3 is 14.8 Å². The molecule has 1 amide bonds. The Morgan fingerprint density at radius 2 is 1.73 bits per heavy atom. The average molecular weight is 567 g/mol. The van der Waals surface area contributed by atoms with Crippen molar-refractivity contribution in [2.75, 3.05) is 18.5 Å². The Labute approximate surface area is 241 Å². The van der Waals surface area contributed by atoms with Crippen molar-refractivity contribution >= 4 is 40.3 Å². The first-order valence-electron chi connectivity index (χ1n) is 13.0. The van der Waals surface area contributed by atoms with Crippen LogP contribution in [0.4, 0.5) is 5.69 Å². The van der Waals surface area contributed by atoms with Gasteiger partial charge in [0.25, 0.3) is 11.5 Å². The first-order chi connectivity index (χ1) is 19.9. The Morgan fingerprint density at radius 3 is 2.51 bits per heavy atom. The third kappa shape index (κ3) is 6.28. The standard InChI is InChI=1S/C32H27ClN4O4/c1-3-40-28-18-22(17-25(33)30(28)41-20-29(38)35-26-15-9-7-11-21(26)2)19-34-37-31(23-12-5-4-6-13-23)36-27-16-10-8-14-24(27)32(37)39/h4-19H,3,20H2,1-2H3,(H,35,38). The van der Waals surface area contributed by atoms with E-state index in [1.807, 2.05) is 74.5 Å². The molecule has 0 spiro atoms. The highest BCUT2D eigenvalue weighted by molar-refractivity contribution is 6.32. The van der Waals surface area contributed by atoms with Gasteiger partial charge in [-0.15, -0.1) is 0 Å². The number of nitrogens with one attached hydrogen (secondary N) is 1. The van der Waals surface area contributed by atoms with E-state index in [4.69, 9.17) is 26.1 Å². The van der Waals surface area contributed by atoms with E-state index in [0.29, 0.717) is 40.3 Å². The highest BCUT2D eigenvalue weighted by Gasteiger charge is 2.16. The molecule has 0 saturated heterocycles. The average Bonchev–Trinajstić information content (AvgIpc) is 2.98. The lowest BCUT2D eigenvalue weighted by Gasteiger charge is -2.15. The fourth-order valence-electron chi connectivity index (χ4n) is 4.23. The van der Waals surface area contributed by atoms with Crippen LogP contribution < -0.4 is 20.3 Å². The molecule has 0 atom stereocenters. The van der Waals surface area contributed by atoms with Crippen LogP contribution in [0.25, 0.3) is 22.3 Å². The van der Waals surface area contributed by atoms with Gasteiger partial charge in [0.15, 0.2) is 23.9 Å². The summed E-state index contributed by atoms with van der Waals surface area (Å²) in [7, 11) is 0. The van der Waals surface area contributed by atoms with Crippen LogP contribution in [0.1, 0.15) is 18.1 Å². The van der Waals surface area contributed by atoms with Gasteiger partial charge in [0.2, 0.25) is 0 Å². The number of ether oxygens (including phenoxy) is 2. The number of aryl methyl sites for hydroxylation is 1. The monoisotopic (exact) mass is 566 g/mol. The van der Waals surface area contributed by atoms with Crippen LogP contribution in [-0.2, 0) is 4.79 Å². The number of carbonyl (C=O) groups is 1. The number of amides is 1. The maximum atomic E-state index is 13.4. The van der Waals surface area contributed by atoms with Gasteiger partial charge in [-0.3, -0.25) is 9.59 Å². The lowest BCUT2D eigenvalue weighted by Crippen LogP contribution is -2.21. The quantitative estimate of drug-likeness (QED) is 0.211. The summed E-state index contributed by atoms with van der Waals surface area (Å²) in [5.74, 6) is 0.652. The second kappa shape index (κ2) is 12.5. The number of anilines is 1. The molecule has 8 nitrogen and oxygen atoms in total. The Balaban J connectivity index is 1.45. The SMILES string of the molecule is CCOc1cc(C=Nn2c(-c3ccccc3)nc3ccccc3c2=O)cc(Cl)c1OCC(=O)Nc1ccccc1C. The van der Waals surface area contributed by atoms with Crippen LogP contribution in [0, 0.1) is 6.92 Å². The second-order valence-corrected chi connectivity index (χ2v) is 9.50. The van der Waals surface area contributed by atoms with E-state index in [1.165, 1.54) is 10.9 Å². The number of benzene rings is 4. The number of aromatic nitrogens is 2. The lowest BCUT2D eigenvalue weighted by atomic mass is 10.2. The molecule has 0 aliphatic carbocycles. The molecule has 206 valence electrons. The summed E-state index contributed by atoms with van der Waals surface area (Å²) in [6.45, 7) is 3.82. The van der Waals surface area contributed by atoms with Crippen LogP contribution in [0.5, 0.6) is 11.5 Å². The third-order valence-corrected chi connectivity index (χ3v) is 6.49. The Morgan fingerprint density at radius 1 is 1.00 bits per heavy atom. The number of hydrogen-bond donors (Lipinski definition) is 1. The Hall–Kier alpha value is -4.95. The van der Waals surface area contributed by atoms with Crippen LogP contribution >= 0.6 is 11.6 Å². The van der Waals surface area contributed by atoms with Gasteiger partial charge in [0, 0.05) is 11.3 Å². The van der Waals surface area contributed by atoms with E-state index in [9.17, 15) is 9.59 Å². The van der Waals surface area contributed by atoms with Crippen LogP contribution in [0.15, 0.2) is 101 Å². The van der Waals surface area contributed by atoms with Crippen molar-refractivity contribution in [3.63, 3.8) is 0 Å². The third-order valence-electron chi connectivity index (χ3n) is 6.21. The number of fused-ring (bicyclic) bond motifs is 1. The topological polar surface area (TPSA) is 94.8 Å². The summed E-state index contributed by atoms with van der Waals surface area (Å²) in [5.41, 5.74) is 3.23. The van der Waals surface area contributed by atoms with Gasteiger partial charge in [-0.05, 0) is 55.3 Å². The first-order valence-corrected chi connectivity index (χ1v) is 13.4. The molecule has 0 aliphatic heterocycles. The van der Waals surface area contributed by atoms with Gasteiger partial charge in [-0.25, -0.2) is 4.98 Å². The minimum absolute atomic E-state index is 0.230. The van der Waals surface area contributed by atoms with Gasteiger partial charge in [-0.2, -0.15) is 9.78 Å². The maximum absolute atomic E-state index is 13.4. The number of para-hydroxylation sites is 2. The van der Waals surface area contributed by atoms with Gasteiger partial charge in [0.05, 0.1) is 28.7 Å². The highest BCUT2D eigenvalue weighted by atomic mass is 35.5. The molecule has 4 aromatic carbocycles. The zero-order valence-corrected chi connectivity index (χ0v) is 23.3. The van der Waals surface area contributed by atoms with E-state index in [0.717, 1.165) is 11.1 Å². The van der Waals surface area contributed by atoms with E-state index in [1.54, 1.807) is 30.3 Å². The molecular weight excluding hydrogens is 540 g/mol. The Kier molecular flexibility index (Phi) is 8.41. The fraction of sp³-hybridized carbons (Fsp3) is 0.125. The zero-order chi connectivity index (χ0) is 28.8. The summed E-state index contributed by atoms with van der Waals surface area (Å²) in [5, 5.41) is 8.01. The molecule has 5 rings (SSSR count). The smallest absolute Gasteiger partial charge is 0.282 e. The minimum atomic E-state index is -0.333. The van der Waals surface area contributed by atoms with Crippen LogP contribution in [0.3, 0.4) is 0 Å². The molecule has 0 unspecified atom stereocenters. The molecular formula is C32H27ClN4O4. The molecule has 1 heterocycles. The lowest BCUT2D eigenvalue weighted by molar-refractivity contribution is -0.118. The molecule has 1 aromatic heterocycles. The van der Waals surface area contributed by atoms with Crippen LogP contribution in [-0.4, -0.2) is 35.0 Å². The van der Waals surface area contributed by atoms with Gasteiger partial charge in [-0.1, -0.05) is 72.3 Å². The van der Waals surface area contributed by atoms with Crippen molar-refractivity contribution in [3.8, 4) is 22.9 Å². The zero-order valence-electron chi connectivity index (χ0n) is 22.5. The van der Waals surface area contributed by atoms with E-state index in [2.05, 4.69) is 10.4 Å². The van der Waals surface area contributed by atoms with E-state index >= 15 is 0 Å². The molecule has 5 aromatic rings. The van der Waals surface area contributed by atoms with Crippen molar-refractivity contribution in [1.82, 2.24) is 9.66 Å². The largest absolute Gasteiger partial charge is 0.490 e. The Bertz CT molecular complexity index is 1800. The molecule has 0 radical (unpaired) electrons. The van der Waals surface area contributed by atoms with Crippen molar-refractivity contribution in [2.45, 2.75) is 13.8 Å². The van der Waals surface area contributed by atoms with Crippen molar-refractivity contribution in [3.05, 3.63) is 117 Å². The first kappa shape index (κ1) is 27.6. The minimum Gasteiger partial charge on any atom is -0.490 e. The maximum Gasteiger partial charge on any atom is 0.282 e. The fourth-order valence-corrected chi connectivity index (χ4v) is 4.51. The number of hydrogen-bond acceptors (Lipinski definition) is 6. The highest BCUT2D eigenvalue weighted by Crippen LogP contribution is 2.36. The summed E-state index contributed by atoms with van der Waals surface area (Å²) in [4.78, 5) is 30.7. The number of nitrogens with zero attached hydrogens (tertiary/aromatic N) is 3. The summed E-state index contributed by atoms with van der Waals surface area (Å²) in [6, 6.07) is 27.3. The van der Waals surface area contributed by atoms with E-state index < -0.39 is 0 Å². The van der Waals surface area contributed by atoms with Crippen molar-refractivity contribution in [1.29, 1.82) is 0 Å². The number of carbonyl (C=O) groups excluding carboxylic acids is 1. The summed E-state index contributed by atoms with van der Waals surface area (Å²) < 4.78 is 12.8. The summed E-state index contributed by atoms with van der Waals surface area (Å²) in [6.07, 6.45) is 1.51. The molecule has 41 heavy (non-hydrogen) atoms. The van der Waals surface area contributed by atoms with Crippen molar-refractivity contribution in [2.24, 2.45) is 5.10 Å². The number of halogens is 1. The molecule has 1 N–H and O–H groups in total. The predicted molar refractivity (Wildman–Crippen MR) is 162 cm³/mol. The van der Waals surface area contributed by atoms with Gasteiger partial charge in [0.1, 0.15) is 0 Å². The second-order valence-electron chi connectivity index (χ2n) is 9.09. The van der Waals surface area contributed by atoms with Crippen LogP contribution in [0.2, 0.25) is 5.02 Å². The number of rotatable bonds is 9. The molecule has 0 saturated carbocycles. The van der Waals surface area contributed by atoms with E-state index in [-0.39, 0.29) is 28.8 Å². The van der Waals surface area contributed by atoms with Gasteiger partial charge >= 0.3 is 0 Å². The summed E-state index contributed by atoms with van der Waals surface area (Å²) >= 11 is 6.58. The predicted octanol–water partition coefficient (Wildman–Crippen LogP) is 6.32.